The third-order valence-electron chi connectivity index (χ3n) is 5.83. The maximum absolute atomic E-state index is 13.0. The number of fused-ring (bicyclic) bond motifs is 1. The van der Waals surface area contributed by atoms with Crippen LogP contribution in [0.25, 0.3) is 11.0 Å². The van der Waals surface area contributed by atoms with Crippen LogP contribution in [-0.2, 0) is 35.5 Å². The summed E-state index contributed by atoms with van der Waals surface area (Å²) in [6, 6.07) is 15.3. The number of amides is 1. The molecule has 4 rings (SSSR count). The predicted molar refractivity (Wildman–Crippen MR) is 140 cm³/mol. The Morgan fingerprint density at radius 2 is 1.86 bits per heavy atom. The SMILES string of the molecule is CCc1ccc(CNc2cnc3c(c2)c(NC(=O)Cc2ccccc2)c(C(=O)OC)n3CC(C)C)o1. The highest BCUT2D eigenvalue weighted by molar-refractivity contribution is 6.11. The third-order valence-corrected chi connectivity index (χ3v) is 5.83. The number of hydrogen-bond donors (Lipinski definition) is 2. The molecule has 0 fully saturated rings. The number of methoxy groups -OCH3 is 1. The molecule has 8 nitrogen and oxygen atoms in total. The van der Waals surface area contributed by atoms with Crippen LogP contribution in [0.15, 0.2) is 59.1 Å². The van der Waals surface area contributed by atoms with Crippen LogP contribution < -0.4 is 10.6 Å². The fraction of sp³-hybridized carbons (Fsp3) is 0.321. The van der Waals surface area contributed by atoms with Crippen LogP contribution in [0.1, 0.15) is 48.3 Å². The Bertz CT molecular complexity index is 1350. The fourth-order valence-electron chi connectivity index (χ4n) is 4.16. The third kappa shape index (κ3) is 5.59. The molecule has 0 saturated carbocycles. The lowest BCUT2D eigenvalue weighted by molar-refractivity contribution is -0.115. The Morgan fingerprint density at radius 1 is 1.11 bits per heavy atom. The summed E-state index contributed by atoms with van der Waals surface area (Å²) in [5.41, 5.74) is 2.92. The Balaban J connectivity index is 1.72. The van der Waals surface area contributed by atoms with E-state index in [-0.39, 0.29) is 23.9 Å². The van der Waals surface area contributed by atoms with Crippen molar-refractivity contribution in [3.63, 3.8) is 0 Å². The van der Waals surface area contributed by atoms with Gasteiger partial charge in [-0.2, -0.15) is 0 Å². The van der Waals surface area contributed by atoms with Crippen LogP contribution in [0, 0.1) is 5.92 Å². The molecule has 36 heavy (non-hydrogen) atoms. The summed E-state index contributed by atoms with van der Waals surface area (Å²) < 4.78 is 12.7. The molecular formula is C28H32N4O4. The summed E-state index contributed by atoms with van der Waals surface area (Å²) in [4.78, 5) is 30.6. The highest BCUT2D eigenvalue weighted by Gasteiger charge is 2.26. The number of carbonyl (C=O) groups is 2. The van der Waals surface area contributed by atoms with Crippen molar-refractivity contribution in [3.05, 3.63) is 77.5 Å². The van der Waals surface area contributed by atoms with E-state index in [9.17, 15) is 9.59 Å². The lowest BCUT2D eigenvalue weighted by Crippen LogP contribution is -2.19. The minimum atomic E-state index is -0.527. The van der Waals surface area contributed by atoms with E-state index in [2.05, 4.69) is 29.5 Å². The number of hydrogen-bond acceptors (Lipinski definition) is 6. The van der Waals surface area contributed by atoms with Crippen molar-refractivity contribution in [2.45, 2.75) is 46.7 Å². The van der Waals surface area contributed by atoms with Crippen LogP contribution in [0.3, 0.4) is 0 Å². The number of rotatable bonds is 10. The molecule has 0 saturated heterocycles. The van der Waals surface area contributed by atoms with Crippen molar-refractivity contribution < 1.29 is 18.7 Å². The standard InChI is InChI=1S/C28H32N4O4/c1-5-21-11-12-22(36-21)16-29-20-14-23-25(31-24(33)13-19-9-7-6-8-10-19)26(28(34)35-4)32(17-18(2)3)27(23)30-15-20/h6-12,14-15,18,29H,5,13,16-17H2,1-4H3,(H,31,33). The number of esters is 1. The number of aromatic nitrogens is 2. The summed E-state index contributed by atoms with van der Waals surface area (Å²) in [5.74, 6) is 1.23. The molecule has 3 heterocycles. The van der Waals surface area contributed by atoms with Gasteiger partial charge < -0.3 is 24.4 Å². The Kier molecular flexibility index (Phi) is 7.73. The molecule has 0 aliphatic heterocycles. The van der Waals surface area contributed by atoms with Crippen molar-refractivity contribution >= 4 is 34.3 Å². The minimum absolute atomic E-state index is 0.182. The number of furan rings is 1. The molecule has 4 aromatic rings. The van der Waals surface area contributed by atoms with Gasteiger partial charge in [-0.15, -0.1) is 0 Å². The van der Waals surface area contributed by atoms with E-state index in [1.54, 1.807) is 6.20 Å². The van der Waals surface area contributed by atoms with Gasteiger partial charge in [-0.05, 0) is 29.7 Å². The molecule has 188 valence electrons. The van der Waals surface area contributed by atoms with Crippen molar-refractivity contribution in [1.29, 1.82) is 0 Å². The molecule has 1 amide bonds. The van der Waals surface area contributed by atoms with Crippen LogP contribution in [0.2, 0.25) is 0 Å². The van der Waals surface area contributed by atoms with E-state index >= 15 is 0 Å². The van der Waals surface area contributed by atoms with Gasteiger partial charge >= 0.3 is 5.97 Å². The zero-order valence-electron chi connectivity index (χ0n) is 21.1. The van der Waals surface area contributed by atoms with Gasteiger partial charge in [0, 0.05) is 18.4 Å². The van der Waals surface area contributed by atoms with Crippen molar-refractivity contribution in [3.8, 4) is 0 Å². The normalized spacial score (nSPS) is 11.1. The highest BCUT2D eigenvalue weighted by atomic mass is 16.5. The minimum Gasteiger partial charge on any atom is -0.464 e. The molecule has 2 N–H and O–H groups in total. The van der Waals surface area contributed by atoms with Gasteiger partial charge in [-0.1, -0.05) is 51.1 Å². The van der Waals surface area contributed by atoms with E-state index < -0.39 is 5.97 Å². The first-order chi connectivity index (χ1) is 17.4. The lowest BCUT2D eigenvalue weighted by atomic mass is 10.1. The first-order valence-corrected chi connectivity index (χ1v) is 12.1. The quantitative estimate of drug-likeness (QED) is 0.289. The van der Waals surface area contributed by atoms with Gasteiger partial charge in [-0.25, -0.2) is 9.78 Å². The van der Waals surface area contributed by atoms with Gasteiger partial charge in [-0.3, -0.25) is 4.79 Å². The average Bonchev–Trinajstić information content (AvgIpc) is 3.45. The van der Waals surface area contributed by atoms with Crippen molar-refractivity contribution in [2.75, 3.05) is 17.7 Å². The Hall–Kier alpha value is -4.07. The summed E-state index contributed by atoms with van der Waals surface area (Å²) in [5, 5.41) is 6.97. The van der Waals surface area contributed by atoms with E-state index in [1.165, 1.54) is 7.11 Å². The predicted octanol–water partition coefficient (Wildman–Crippen LogP) is 5.43. The van der Waals surface area contributed by atoms with Crippen LogP contribution in [-0.4, -0.2) is 28.5 Å². The van der Waals surface area contributed by atoms with Gasteiger partial charge in [0.05, 0.1) is 37.6 Å². The largest absolute Gasteiger partial charge is 0.464 e. The van der Waals surface area contributed by atoms with E-state index in [4.69, 9.17) is 9.15 Å². The maximum atomic E-state index is 13.0. The first-order valence-electron chi connectivity index (χ1n) is 12.1. The molecule has 0 aliphatic carbocycles. The number of pyridine rings is 1. The van der Waals surface area contributed by atoms with Crippen molar-refractivity contribution in [2.24, 2.45) is 5.92 Å². The molecular weight excluding hydrogens is 456 g/mol. The molecule has 3 aromatic heterocycles. The van der Waals surface area contributed by atoms with E-state index in [0.717, 1.165) is 29.2 Å². The number of carbonyl (C=O) groups excluding carboxylic acids is 2. The zero-order chi connectivity index (χ0) is 25.7. The summed E-state index contributed by atoms with van der Waals surface area (Å²) in [7, 11) is 1.34. The number of aryl methyl sites for hydroxylation is 1. The molecule has 0 bridgehead atoms. The summed E-state index contributed by atoms with van der Waals surface area (Å²) in [6.07, 6.45) is 2.74. The number of benzene rings is 1. The van der Waals surface area contributed by atoms with Gasteiger partial charge in [0.15, 0.2) is 5.69 Å². The molecule has 0 spiro atoms. The van der Waals surface area contributed by atoms with Gasteiger partial charge in [0.2, 0.25) is 5.91 Å². The first kappa shape index (κ1) is 25.0. The number of anilines is 2. The van der Waals surface area contributed by atoms with Crippen LogP contribution in [0.5, 0.6) is 0 Å². The van der Waals surface area contributed by atoms with E-state index in [1.807, 2.05) is 60.0 Å². The maximum Gasteiger partial charge on any atom is 0.356 e. The molecule has 0 aliphatic rings. The number of nitrogens with zero attached hydrogens (tertiary/aromatic N) is 2. The number of nitrogens with one attached hydrogen (secondary N) is 2. The average molecular weight is 489 g/mol. The van der Waals surface area contributed by atoms with Crippen molar-refractivity contribution in [1.82, 2.24) is 9.55 Å². The molecule has 1 aromatic carbocycles. The summed E-state index contributed by atoms with van der Waals surface area (Å²) >= 11 is 0. The zero-order valence-corrected chi connectivity index (χ0v) is 21.1. The molecule has 0 radical (unpaired) electrons. The van der Waals surface area contributed by atoms with Gasteiger partial charge in [0.25, 0.3) is 0 Å². The lowest BCUT2D eigenvalue weighted by Gasteiger charge is -2.12. The van der Waals surface area contributed by atoms with Crippen LogP contribution in [0.4, 0.5) is 11.4 Å². The molecule has 0 unspecified atom stereocenters. The Labute approximate surface area is 210 Å². The van der Waals surface area contributed by atoms with E-state index in [0.29, 0.717) is 29.8 Å². The summed E-state index contributed by atoms with van der Waals surface area (Å²) in [6.45, 7) is 7.19. The molecule has 8 heteroatoms. The Morgan fingerprint density at radius 3 is 2.53 bits per heavy atom. The second-order valence-corrected chi connectivity index (χ2v) is 9.10. The fourth-order valence-corrected chi connectivity index (χ4v) is 4.16. The topological polar surface area (TPSA) is 98.4 Å². The monoisotopic (exact) mass is 488 g/mol. The second-order valence-electron chi connectivity index (χ2n) is 9.10. The van der Waals surface area contributed by atoms with Crippen LogP contribution >= 0.6 is 0 Å². The number of ether oxygens (including phenoxy) is 1. The highest BCUT2D eigenvalue weighted by Crippen LogP contribution is 2.33. The molecule has 0 atom stereocenters. The smallest absolute Gasteiger partial charge is 0.356 e. The van der Waals surface area contributed by atoms with Gasteiger partial charge in [0.1, 0.15) is 17.2 Å². The second kappa shape index (κ2) is 11.1.